The maximum Gasteiger partial charge on any atom is 0.191 e. The molecule has 0 fully saturated rings. The van der Waals surface area contributed by atoms with Gasteiger partial charge in [-0.15, -0.1) is 10.2 Å². The predicted molar refractivity (Wildman–Crippen MR) is 118 cm³/mol. The van der Waals surface area contributed by atoms with E-state index in [9.17, 15) is 5.11 Å². The molecule has 1 aromatic carbocycles. The Kier molecular flexibility index (Phi) is 9.77. The Morgan fingerprint density at radius 3 is 2.71 bits per heavy atom. The first-order chi connectivity index (χ1) is 13.5. The molecular formula is C20H31BrN4O2S. The summed E-state index contributed by atoms with van der Waals surface area (Å²) in [6.45, 7) is 5.49. The van der Waals surface area contributed by atoms with E-state index >= 15 is 0 Å². The lowest BCUT2D eigenvalue weighted by molar-refractivity contribution is 0.126. The van der Waals surface area contributed by atoms with Gasteiger partial charge >= 0.3 is 0 Å². The summed E-state index contributed by atoms with van der Waals surface area (Å²) in [6.07, 6.45) is 2.59. The SMILES string of the molecule is CCCCn1c(SCC(O)COc2cccc(Br)c2)nnc1C(CC)N(C)C. The number of unbranched alkanes of at least 4 members (excludes halogenated alkanes) is 1. The van der Waals surface area contributed by atoms with Gasteiger partial charge in [-0.2, -0.15) is 0 Å². The summed E-state index contributed by atoms with van der Waals surface area (Å²) in [5, 5.41) is 20.1. The number of aromatic nitrogens is 3. The lowest BCUT2D eigenvalue weighted by Gasteiger charge is -2.23. The molecule has 2 atom stereocenters. The minimum Gasteiger partial charge on any atom is -0.491 e. The molecule has 0 spiro atoms. The van der Waals surface area contributed by atoms with Crippen molar-refractivity contribution in [2.45, 2.75) is 57.0 Å². The van der Waals surface area contributed by atoms with Crippen molar-refractivity contribution >= 4 is 27.7 Å². The highest BCUT2D eigenvalue weighted by Gasteiger charge is 2.22. The van der Waals surface area contributed by atoms with Gasteiger partial charge < -0.3 is 14.4 Å². The van der Waals surface area contributed by atoms with E-state index in [4.69, 9.17) is 4.74 Å². The van der Waals surface area contributed by atoms with Gasteiger partial charge in [0.25, 0.3) is 0 Å². The zero-order valence-electron chi connectivity index (χ0n) is 17.1. The molecule has 0 radical (unpaired) electrons. The number of nitrogens with zero attached hydrogens (tertiary/aromatic N) is 4. The summed E-state index contributed by atoms with van der Waals surface area (Å²) >= 11 is 4.96. The zero-order chi connectivity index (χ0) is 20.5. The second-order valence-electron chi connectivity index (χ2n) is 6.97. The van der Waals surface area contributed by atoms with Crippen LogP contribution in [-0.4, -0.2) is 57.3 Å². The highest BCUT2D eigenvalue weighted by Crippen LogP contribution is 2.26. The lowest BCUT2D eigenvalue weighted by Crippen LogP contribution is -2.23. The van der Waals surface area contributed by atoms with Gasteiger partial charge in [0.1, 0.15) is 12.4 Å². The van der Waals surface area contributed by atoms with Gasteiger partial charge in [0.15, 0.2) is 11.0 Å². The molecule has 2 unspecified atom stereocenters. The molecule has 0 bridgehead atoms. The molecular weight excluding hydrogens is 440 g/mol. The standard InChI is InChI=1S/C20H31BrN4O2S/c1-5-7-11-25-19(18(6-2)24(3)4)22-23-20(25)28-14-16(26)13-27-17-10-8-9-15(21)12-17/h8-10,12,16,18,26H,5-7,11,13-14H2,1-4H3. The minimum absolute atomic E-state index is 0.239. The second kappa shape index (κ2) is 11.8. The van der Waals surface area contributed by atoms with Crippen LogP contribution in [0.3, 0.4) is 0 Å². The highest BCUT2D eigenvalue weighted by molar-refractivity contribution is 9.10. The molecule has 1 aromatic heterocycles. The van der Waals surface area contributed by atoms with E-state index in [2.05, 4.69) is 63.5 Å². The minimum atomic E-state index is -0.584. The Hall–Kier alpha value is -1.09. The first-order valence-corrected chi connectivity index (χ1v) is 11.5. The fraction of sp³-hybridized carbons (Fsp3) is 0.600. The van der Waals surface area contributed by atoms with Crippen LogP contribution in [0.4, 0.5) is 0 Å². The quantitative estimate of drug-likeness (QED) is 0.464. The van der Waals surface area contributed by atoms with Crippen molar-refractivity contribution in [3.05, 3.63) is 34.6 Å². The van der Waals surface area contributed by atoms with E-state index < -0.39 is 6.10 Å². The van der Waals surface area contributed by atoms with Crippen molar-refractivity contribution < 1.29 is 9.84 Å². The van der Waals surface area contributed by atoms with Gasteiger partial charge in [-0.05, 0) is 45.1 Å². The molecule has 6 nitrogen and oxygen atoms in total. The molecule has 1 heterocycles. The summed E-state index contributed by atoms with van der Waals surface area (Å²) < 4.78 is 8.85. The fourth-order valence-electron chi connectivity index (χ4n) is 2.93. The maximum absolute atomic E-state index is 10.3. The van der Waals surface area contributed by atoms with Gasteiger partial charge in [0.2, 0.25) is 0 Å². The van der Waals surface area contributed by atoms with Crippen molar-refractivity contribution in [2.24, 2.45) is 0 Å². The first-order valence-electron chi connectivity index (χ1n) is 9.75. The van der Waals surface area contributed by atoms with Crippen molar-refractivity contribution in [3.63, 3.8) is 0 Å². The number of ether oxygens (including phenoxy) is 1. The van der Waals surface area contributed by atoms with Gasteiger partial charge in [0, 0.05) is 16.8 Å². The third kappa shape index (κ3) is 6.76. The molecule has 0 amide bonds. The van der Waals surface area contributed by atoms with E-state index in [0.29, 0.717) is 5.75 Å². The lowest BCUT2D eigenvalue weighted by atomic mass is 10.2. The molecule has 0 saturated heterocycles. The van der Waals surface area contributed by atoms with Crippen LogP contribution in [-0.2, 0) is 6.54 Å². The van der Waals surface area contributed by atoms with Gasteiger partial charge in [-0.3, -0.25) is 4.90 Å². The van der Waals surface area contributed by atoms with Gasteiger partial charge in [-0.25, -0.2) is 0 Å². The molecule has 2 rings (SSSR count). The summed E-state index contributed by atoms with van der Waals surface area (Å²) in [4.78, 5) is 2.18. The van der Waals surface area contributed by atoms with Crippen LogP contribution in [0.15, 0.2) is 33.9 Å². The summed E-state index contributed by atoms with van der Waals surface area (Å²) in [5.41, 5.74) is 0. The number of benzene rings is 1. The topological polar surface area (TPSA) is 63.4 Å². The third-order valence-corrected chi connectivity index (χ3v) is 6.04. The van der Waals surface area contributed by atoms with Gasteiger partial charge in [-0.1, -0.05) is 54.0 Å². The molecule has 1 N–H and O–H groups in total. The third-order valence-electron chi connectivity index (χ3n) is 4.43. The summed E-state index contributed by atoms with van der Waals surface area (Å²) in [5.74, 6) is 2.25. The van der Waals surface area contributed by atoms with E-state index in [1.807, 2.05) is 24.3 Å². The molecule has 0 aliphatic carbocycles. The monoisotopic (exact) mass is 470 g/mol. The Bertz CT molecular complexity index is 726. The number of halogens is 1. The van der Waals surface area contributed by atoms with Crippen LogP contribution < -0.4 is 4.74 Å². The van der Waals surface area contributed by atoms with Gasteiger partial charge in [0.05, 0.1) is 12.1 Å². The molecule has 156 valence electrons. The van der Waals surface area contributed by atoms with Crippen LogP contribution in [0, 0.1) is 0 Å². The van der Waals surface area contributed by atoms with E-state index in [0.717, 1.165) is 47.0 Å². The number of aliphatic hydroxyl groups excluding tert-OH is 1. The second-order valence-corrected chi connectivity index (χ2v) is 8.87. The van der Waals surface area contributed by atoms with E-state index in [1.54, 1.807) is 0 Å². The van der Waals surface area contributed by atoms with Crippen LogP contribution in [0.25, 0.3) is 0 Å². The highest BCUT2D eigenvalue weighted by atomic mass is 79.9. The molecule has 0 saturated carbocycles. The van der Waals surface area contributed by atoms with E-state index in [-0.39, 0.29) is 12.6 Å². The Morgan fingerprint density at radius 2 is 2.07 bits per heavy atom. The zero-order valence-corrected chi connectivity index (χ0v) is 19.5. The fourth-order valence-corrected chi connectivity index (χ4v) is 4.18. The number of hydrogen-bond donors (Lipinski definition) is 1. The van der Waals surface area contributed by atoms with Crippen molar-refractivity contribution in [2.75, 3.05) is 26.5 Å². The number of aliphatic hydroxyl groups is 1. The Morgan fingerprint density at radius 1 is 1.29 bits per heavy atom. The smallest absolute Gasteiger partial charge is 0.191 e. The van der Waals surface area contributed by atoms with Crippen LogP contribution in [0.1, 0.15) is 45.0 Å². The molecule has 0 aliphatic rings. The van der Waals surface area contributed by atoms with Crippen LogP contribution >= 0.6 is 27.7 Å². The first kappa shape index (κ1) is 23.2. The average Bonchev–Trinajstić information content (AvgIpc) is 3.06. The van der Waals surface area contributed by atoms with E-state index in [1.165, 1.54) is 11.8 Å². The molecule has 0 aliphatic heterocycles. The largest absolute Gasteiger partial charge is 0.491 e. The summed E-state index contributed by atoms with van der Waals surface area (Å²) in [6, 6.07) is 7.86. The normalized spacial score (nSPS) is 13.7. The number of rotatable bonds is 12. The molecule has 2 aromatic rings. The van der Waals surface area contributed by atoms with Crippen LogP contribution in [0.5, 0.6) is 5.75 Å². The molecule has 8 heteroatoms. The van der Waals surface area contributed by atoms with Crippen LogP contribution in [0.2, 0.25) is 0 Å². The Balaban J connectivity index is 1.99. The van der Waals surface area contributed by atoms with Crippen molar-refractivity contribution in [1.29, 1.82) is 0 Å². The number of hydrogen-bond acceptors (Lipinski definition) is 6. The van der Waals surface area contributed by atoms with Crippen molar-refractivity contribution in [1.82, 2.24) is 19.7 Å². The average molecular weight is 471 g/mol. The predicted octanol–water partition coefficient (Wildman–Crippen LogP) is 4.39. The van der Waals surface area contributed by atoms with Crippen molar-refractivity contribution in [3.8, 4) is 5.75 Å². The summed E-state index contributed by atoms with van der Waals surface area (Å²) in [7, 11) is 4.14. The maximum atomic E-state index is 10.3. The number of thioether (sulfide) groups is 1. The molecule has 28 heavy (non-hydrogen) atoms. The Labute approximate surface area is 180 Å².